The maximum absolute atomic E-state index is 12.6. The zero-order valence-corrected chi connectivity index (χ0v) is 16.3. The summed E-state index contributed by atoms with van der Waals surface area (Å²) < 4.78 is 6.51. The van der Waals surface area contributed by atoms with Crippen LogP contribution in [0.15, 0.2) is 75.1 Å². The van der Waals surface area contributed by atoms with Crippen LogP contribution in [0.4, 0.5) is 11.4 Å². The SMILES string of the molecule is O=C1NN(c2ccc(Br)cc2)C(=O)/C1=C/c1ccc(-c2cccc([N+](=O)[O-])c2)o1. The van der Waals surface area contributed by atoms with Gasteiger partial charge in [0.25, 0.3) is 17.5 Å². The third-order valence-corrected chi connectivity index (χ3v) is 4.76. The van der Waals surface area contributed by atoms with Crippen LogP contribution in [-0.2, 0) is 9.59 Å². The maximum atomic E-state index is 12.6. The molecule has 1 aromatic heterocycles. The number of carbonyl (C=O) groups excluding carboxylic acids is 2. The van der Waals surface area contributed by atoms with Crippen molar-refractivity contribution < 1.29 is 18.9 Å². The highest BCUT2D eigenvalue weighted by Gasteiger charge is 2.34. The van der Waals surface area contributed by atoms with Gasteiger partial charge in [-0.2, -0.15) is 0 Å². The van der Waals surface area contributed by atoms with Crippen molar-refractivity contribution in [3.63, 3.8) is 0 Å². The molecule has 2 heterocycles. The second-order valence-electron chi connectivity index (χ2n) is 6.13. The third-order valence-electron chi connectivity index (χ3n) is 4.23. The molecule has 0 aliphatic carbocycles. The number of non-ortho nitro benzene ring substituents is 1. The molecule has 29 heavy (non-hydrogen) atoms. The molecule has 0 unspecified atom stereocenters. The van der Waals surface area contributed by atoms with Crippen LogP contribution in [0.2, 0.25) is 0 Å². The van der Waals surface area contributed by atoms with Crippen LogP contribution in [0.1, 0.15) is 5.76 Å². The molecule has 0 radical (unpaired) electrons. The standard InChI is InChI=1S/C20H12BrN3O5/c21-13-4-6-14(7-5-13)23-20(26)17(19(25)22-23)11-16-8-9-18(29-16)12-2-1-3-15(10-12)24(27)28/h1-11H,(H,22,25)/b17-11+. The lowest BCUT2D eigenvalue weighted by Crippen LogP contribution is -2.35. The number of nitrogens with zero attached hydrogens (tertiary/aromatic N) is 2. The number of hydrogen-bond donors (Lipinski definition) is 1. The van der Waals surface area contributed by atoms with Gasteiger partial charge in [0.05, 0.1) is 10.6 Å². The molecule has 1 aliphatic heterocycles. The highest BCUT2D eigenvalue weighted by molar-refractivity contribution is 9.10. The molecule has 2 aromatic carbocycles. The molecular formula is C20H12BrN3O5. The fourth-order valence-corrected chi connectivity index (χ4v) is 3.09. The van der Waals surface area contributed by atoms with Gasteiger partial charge in [-0.05, 0) is 42.5 Å². The minimum absolute atomic E-state index is 0.0608. The van der Waals surface area contributed by atoms with Crippen LogP contribution >= 0.6 is 15.9 Å². The van der Waals surface area contributed by atoms with E-state index in [1.54, 1.807) is 48.5 Å². The van der Waals surface area contributed by atoms with E-state index >= 15 is 0 Å². The summed E-state index contributed by atoms with van der Waals surface area (Å²) in [5.74, 6) is -0.393. The molecule has 0 saturated carbocycles. The number of benzene rings is 2. The van der Waals surface area contributed by atoms with Gasteiger partial charge in [0.15, 0.2) is 0 Å². The number of hydrazine groups is 1. The van der Waals surface area contributed by atoms with E-state index in [1.807, 2.05) is 0 Å². The van der Waals surface area contributed by atoms with Gasteiger partial charge in [-0.25, -0.2) is 5.01 Å². The van der Waals surface area contributed by atoms with Gasteiger partial charge >= 0.3 is 0 Å². The van der Waals surface area contributed by atoms with Crippen molar-refractivity contribution in [2.24, 2.45) is 0 Å². The van der Waals surface area contributed by atoms with Crippen LogP contribution in [0.3, 0.4) is 0 Å². The van der Waals surface area contributed by atoms with Crippen molar-refractivity contribution in [2.45, 2.75) is 0 Å². The molecule has 1 aliphatic rings. The van der Waals surface area contributed by atoms with Crippen molar-refractivity contribution in [1.29, 1.82) is 0 Å². The van der Waals surface area contributed by atoms with E-state index < -0.39 is 16.7 Å². The Kier molecular flexibility index (Phi) is 4.73. The summed E-state index contributed by atoms with van der Waals surface area (Å²) in [4.78, 5) is 35.4. The van der Waals surface area contributed by atoms with Gasteiger partial charge < -0.3 is 4.42 Å². The highest BCUT2D eigenvalue weighted by Crippen LogP contribution is 2.28. The van der Waals surface area contributed by atoms with Gasteiger partial charge in [0.1, 0.15) is 17.1 Å². The van der Waals surface area contributed by atoms with E-state index in [0.717, 1.165) is 9.48 Å². The first kappa shape index (κ1) is 18.6. The first-order chi connectivity index (χ1) is 13.9. The predicted molar refractivity (Wildman–Crippen MR) is 109 cm³/mol. The third kappa shape index (κ3) is 3.67. The van der Waals surface area contributed by atoms with E-state index in [2.05, 4.69) is 21.4 Å². The lowest BCUT2D eigenvalue weighted by molar-refractivity contribution is -0.384. The molecule has 2 amide bonds. The van der Waals surface area contributed by atoms with Crippen molar-refractivity contribution >= 4 is 45.2 Å². The molecule has 0 spiro atoms. The first-order valence-corrected chi connectivity index (χ1v) is 9.19. The quantitative estimate of drug-likeness (QED) is 0.277. The number of amides is 2. The minimum Gasteiger partial charge on any atom is -0.457 e. The zero-order valence-electron chi connectivity index (χ0n) is 14.7. The molecule has 144 valence electrons. The number of rotatable bonds is 4. The Labute approximate surface area is 172 Å². The van der Waals surface area contributed by atoms with Crippen LogP contribution in [-0.4, -0.2) is 16.7 Å². The van der Waals surface area contributed by atoms with Crippen molar-refractivity contribution in [3.05, 3.63) is 86.6 Å². The van der Waals surface area contributed by atoms with E-state index in [0.29, 0.717) is 17.0 Å². The summed E-state index contributed by atoms with van der Waals surface area (Å²) in [7, 11) is 0. The summed E-state index contributed by atoms with van der Waals surface area (Å²) in [6, 6.07) is 16.1. The van der Waals surface area contributed by atoms with Crippen LogP contribution < -0.4 is 10.4 Å². The highest BCUT2D eigenvalue weighted by atomic mass is 79.9. The molecule has 1 fully saturated rings. The summed E-state index contributed by atoms with van der Waals surface area (Å²) in [5, 5.41) is 12.1. The minimum atomic E-state index is -0.550. The van der Waals surface area contributed by atoms with Crippen molar-refractivity contribution in [1.82, 2.24) is 5.43 Å². The van der Waals surface area contributed by atoms with Gasteiger partial charge in [-0.15, -0.1) is 0 Å². The number of nitro groups is 1. The Hall–Kier alpha value is -3.72. The molecule has 1 N–H and O–H groups in total. The zero-order chi connectivity index (χ0) is 20.5. The van der Waals surface area contributed by atoms with Crippen LogP contribution in [0.5, 0.6) is 0 Å². The second-order valence-corrected chi connectivity index (χ2v) is 7.04. The van der Waals surface area contributed by atoms with Crippen LogP contribution in [0.25, 0.3) is 17.4 Å². The smallest absolute Gasteiger partial charge is 0.282 e. The summed E-state index contributed by atoms with van der Waals surface area (Å²) in [6.07, 6.45) is 1.34. The van der Waals surface area contributed by atoms with E-state index in [9.17, 15) is 19.7 Å². The summed E-state index contributed by atoms with van der Waals surface area (Å²) >= 11 is 3.32. The van der Waals surface area contributed by atoms with E-state index in [-0.39, 0.29) is 17.0 Å². The fraction of sp³-hybridized carbons (Fsp3) is 0. The largest absolute Gasteiger partial charge is 0.457 e. The Morgan fingerprint density at radius 2 is 1.83 bits per heavy atom. The van der Waals surface area contributed by atoms with Crippen molar-refractivity contribution in [2.75, 3.05) is 5.01 Å². The number of furan rings is 1. The van der Waals surface area contributed by atoms with Gasteiger partial charge in [0.2, 0.25) is 0 Å². The Balaban J connectivity index is 1.61. The monoisotopic (exact) mass is 453 g/mol. The van der Waals surface area contributed by atoms with Gasteiger partial charge in [0, 0.05) is 22.2 Å². The molecule has 9 heteroatoms. The number of carbonyl (C=O) groups is 2. The van der Waals surface area contributed by atoms with E-state index in [1.165, 1.54) is 18.2 Å². The van der Waals surface area contributed by atoms with E-state index in [4.69, 9.17) is 4.42 Å². The molecule has 4 rings (SSSR count). The summed E-state index contributed by atoms with van der Waals surface area (Å²) in [5.41, 5.74) is 3.41. The topological polar surface area (TPSA) is 106 Å². The average Bonchev–Trinajstić information content (AvgIpc) is 3.29. The Morgan fingerprint density at radius 3 is 2.55 bits per heavy atom. The summed E-state index contributed by atoms with van der Waals surface area (Å²) in [6.45, 7) is 0. The second kappa shape index (κ2) is 7.36. The number of halogens is 1. The normalized spacial score (nSPS) is 15.1. The molecule has 3 aromatic rings. The number of hydrogen-bond acceptors (Lipinski definition) is 5. The maximum Gasteiger partial charge on any atom is 0.282 e. The fourth-order valence-electron chi connectivity index (χ4n) is 2.83. The first-order valence-electron chi connectivity index (χ1n) is 8.40. The van der Waals surface area contributed by atoms with Crippen molar-refractivity contribution in [3.8, 4) is 11.3 Å². The van der Waals surface area contributed by atoms with Crippen LogP contribution in [0, 0.1) is 10.1 Å². The molecule has 0 bridgehead atoms. The number of nitrogens with one attached hydrogen (secondary N) is 1. The Bertz CT molecular complexity index is 1170. The molecule has 8 nitrogen and oxygen atoms in total. The predicted octanol–water partition coefficient (Wildman–Crippen LogP) is 4.08. The van der Waals surface area contributed by atoms with Gasteiger partial charge in [-0.3, -0.25) is 25.1 Å². The molecule has 0 atom stereocenters. The number of nitro benzene ring substituents is 1. The lowest BCUT2D eigenvalue weighted by Gasteiger charge is -2.14. The molecular weight excluding hydrogens is 442 g/mol. The number of anilines is 1. The van der Waals surface area contributed by atoms with Gasteiger partial charge in [-0.1, -0.05) is 28.1 Å². The average molecular weight is 454 g/mol. The lowest BCUT2D eigenvalue weighted by atomic mass is 10.1. The molecule has 1 saturated heterocycles. The Morgan fingerprint density at radius 1 is 1.07 bits per heavy atom.